The predicted molar refractivity (Wildman–Crippen MR) is 109 cm³/mol. The quantitative estimate of drug-likeness (QED) is 0.833. The molecule has 4 rings (SSSR count). The van der Waals surface area contributed by atoms with Crippen molar-refractivity contribution in [2.75, 3.05) is 11.6 Å². The molecule has 2 aliphatic rings. The van der Waals surface area contributed by atoms with Gasteiger partial charge in [-0.05, 0) is 12.8 Å². The zero-order chi connectivity index (χ0) is 18.6. The number of aromatic nitrogens is 1. The molecule has 0 spiro atoms. The van der Waals surface area contributed by atoms with Crippen molar-refractivity contribution >= 4 is 34.9 Å². The molecule has 0 bridgehead atoms. The summed E-state index contributed by atoms with van der Waals surface area (Å²) < 4.78 is 0. The Morgan fingerprint density at radius 3 is 2.74 bits per heavy atom. The van der Waals surface area contributed by atoms with Crippen molar-refractivity contribution in [2.24, 2.45) is 5.92 Å². The lowest BCUT2D eigenvalue weighted by molar-refractivity contribution is -0.141. The number of carbonyl (C=O) groups excluding carboxylic acids is 2. The van der Waals surface area contributed by atoms with Gasteiger partial charge in [0.1, 0.15) is 11.0 Å². The van der Waals surface area contributed by atoms with Crippen molar-refractivity contribution in [2.45, 2.75) is 38.3 Å². The topological polar surface area (TPSA) is 62.3 Å². The van der Waals surface area contributed by atoms with Gasteiger partial charge in [-0.3, -0.25) is 9.59 Å². The molecule has 2 aromatic rings. The predicted octanol–water partition coefficient (Wildman–Crippen LogP) is 3.52. The van der Waals surface area contributed by atoms with Crippen LogP contribution >= 0.6 is 23.1 Å². The first kappa shape index (κ1) is 18.5. The largest absolute Gasteiger partial charge is 0.349 e. The van der Waals surface area contributed by atoms with E-state index in [0.717, 1.165) is 41.9 Å². The Balaban J connectivity index is 1.35. The highest BCUT2D eigenvalue weighted by Crippen LogP contribution is 2.31. The van der Waals surface area contributed by atoms with Crippen molar-refractivity contribution in [3.8, 4) is 10.6 Å². The molecular formula is C20H23N3O2S2. The molecule has 1 saturated carbocycles. The third-order valence-corrected chi connectivity index (χ3v) is 7.14. The van der Waals surface area contributed by atoms with E-state index in [9.17, 15) is 9.59 Å². The SMILES string of the molecule is O=C(NCc1csc(-c2ccccc2)n1)C1CSCN1C(=O)C1CCCC1. The first-order valence-electron chi connectivity index (χ1n) is 9.38. The van der Waals surface area contributed by atoms with Gasteiger partial charge in [-0.15, -0.1) is 23.1 Å². The fourth-order valence-electron chi connectivity index (χ4n) is 3.68. The summed E-state index contributed by atoms with van der Waals surface area (Å²) in [5, 5.41) is 5.91. The van der Waals surface area contributed by atoms with Gasteiger partial charge in [-0.1, -0.05) is 43.2 Å². The van der Waals surface area contributed by atoms with E-state index in [1.165, 1.54) is 0 Å². The van der Waals surface area contributed by atoms with E-state index in [2.05, 4.69) is 10.3 Å². The standard InChI is InChI=1S/C20H23N3O2S2/c24-18(17-12-26-13-23(17)20(25)15-8-4-5-9-15)21-10-16-11-27-19(22-16)14-6-2-1-3-7-14/h1-3,6-7,11,15,17H,4-5,8-10,12-13H2,(H,21,24). The Hall–Kier alpha value is -1.86. The molecule has 1 aliphatic heterocycles. The number of thioether (sulfide) groups is 1. The third-order valence-electron chi connectivity index (χ3n) is 5.19. The average molecular weight is 402 g/mol. The van der Waals surface area contributed by atoms with Crippen LogP contribution < -0.4 is 5.32 Å². The van der Waals surface area contributed by atoms with Crippen LogP contribution in [0.2, 0.25) is 0 Å². The van der Waals surface area contributed by atoms with Crippen molar-refractivity contribution < 1.29 is 9.59 Å². The molecule has 2 amide bonds. The van der Waals surface area contributed by atoms with Crippen molar-refractivity contribution in [3.63, 3.8) is 0 Å². The summed E-state index contributed by atoms with van der Waals surface area (Å²) in [6, 6.07) is 9.68. The number of hydrogen-bond donors (Lipinski definition) is 1. The maximum atomic E-state index is 12.7. The molecule has 142 valence electrons. The summed E-state index contributed by atoms with van der Waals surface area (Å²) in [6.07, 6.45) is 4.19. The minimum Gasteiger partial charge on any atom is -0.349 e. The van der Waals surface area contributed by atoms with E-state index in [-0.39, 0.29) is 23.8 Å². The van der Waals surface area contributed by atoms with Crippen LogP contribution in [0.25, 0.3) is 10.6 Å². The Morgan fingerprint density at radius 2 is 1.96 bits per heavy atom. The van der Waals surface area contributed by atoms with E-state index in [4.69, 9.17) is 0 Å². The van der Waals surface area contributed by atoms with Gasteiger partial charge in [0.2, 0.25) is 11.8 Å². The van der Waals surface area contributed by atoms with Crippen LogP contribution in [0.1, 0.15) is 31.4 Å². The third kappa shape index (κ3) is 4.19. The average Bonchev–Trinajstić information content (AvgIpc) is 3.47. The molecule has 1 aromatic heterocycles. The first-order chi connectivity index (χ1) is 13.2. The maximum absolute atomic E-state index is 12.7. The van der Waals surface area contributed by atoms with Gasteiger partial charge in [0.05, 0.1) is 18.1 Å². The number of nitrogens with zero attached hydrogens (tertiary/aromatic N) is 2. The van der Waals surface area contributed by atoms with Crippen LogP contribution in [0, 0.1) is 5.92 Å². The van der Waals surface area contributed by atoms with Gasteiger partial charge < -0.3 is 10.2 Å². The molecule has 0 radical (unpaired) electrons. The van der Waals surface area contributed by atoms with E-state index in [1.54, 1.807) is 28.0 Å². The molecule has 7 heteroatoms. The molecular weight excluding hydrogens is 378 g/mol. The highest BCUT2D eigenvalue weighted by atomic mass is 32.2. The number of carbonyl (C=O) groups is 2. The van der Waals surface area contributed by atoms with Crippen LogP contribution in [0.5, 0.6) is 0 Å². The van der Waals surface area contributed by atoms with Crippen LogP contribution in [0.4, 0.5) is 0 Å². The summed E-state index contributed by atoms with van der Waals surface area (Å²) in [5.41, 5.74) is 1.94. The second-order valence-corrected chi connectivity index (χ2v) is 8.89. The van der Waals surface area contributed by atoms with E-state index in [1.807, 2.05) is 35.7 Å². The van der Waals surface area contributed by atoms with Crippen LogP contribution in [0.3, 0.4) is 0 Å². The second-order valence-electron chi connectivity index (χ2n) is 7.03. The summed E-state index contributed by atoms with van der Waals surface area (Å²) >= 11 is 3.24. The van der Waals surface area contributed by atoms with E-state index < -0.39 is 0 Å². The van der Waals surface area contributed by atoms with E-state index in [0.29, 0.717) is 18.2 Å². The Bertz CT molecular complexity index is 803. The highest BCUT2D eigenvalue weighted by molar-refractivity contribution is 7.99. The first-order valence-corrected chi connectivity index (χ1v) is 11.4. The normalized spacial score (nSPS) is 20.1. The highest BCUT2D eigenvalue weighted by Gasteiger charge is 2.38. The van der Waals surface area contributed by atoms with Gasteiger partial charge in [-0.2, -0.15) is 0 Å². The number of nitrogens with one attached hydrogen (secondary N) is 1. The Morgan fingerprint density at radius 1 is 1.19 bits per heavy atom. The minimum absolute atomic E-state index is 0.0689. The summed E-state index contributed by atoms with van der Waals surface area (Å²) in [5.74, 6) is 1.52. The molecule has 2 heterocycles. The second kappa shape index (κ2) is 8.44. The molecule has 5 nitrogen and oxygen atoms in total. The van der Waals surface area contributed by atoms with Gasteiger partial charge in [0.15, 0.2) is 0 Å². The summed E-state index contributed by atoms with van der Waals surface area (Å²) in [7, 11) is 0. The zero-order valence-electron chi connectivity index (χ0n) is 15.1. The molecule has 1 unspecified atom stereocenters. The van der Waals surface area contributed by atoms with Crippen molar-refractivity contribution in [3.05, 3.63) is 41.4 Å². The van der Waals surface area contributed by atoms with Crippen molar-refractivity contribution in [1.29, 1.82) is 0 Å². The Kier molecular flexibility index (Phi) is 5.78. The molecule has 27 heavy (non-hydrogen) atoms. The Labute approximate surface area is 167 Å². The fraction of sp³-hybridized carbons (Fsp3) is 0.450. The number of thiazole rings is 1. The molecule has 1 aliphatic carbocycles. The van der Waals surface area contributed by atoms with Crippen LogP contribution in [-0.2, 0) is 16.1 Å². The molecule has 1 atom stereocenters. The van der Waals surface area contributed by atoms with Crippen LogP contribution in [0.15, 0.2) is 35.7 Å². The lowest BCUT2D eigenvalue weighted by Gasteiger charge is -2.25. The van der Waals surface area contributed by atoms with Gasteiger partial charge in [0, 0.05) is 22.6 Å². The number of benzene rings is 1. The van der Waals surface area contributed by atoms with Gasteiger partial charge >= 0.3 is 0 Å². The van der Waals surface area contributed by atoms with Crippen LogP contribution in [-0.4, -0.2) is 39.4 Å². The minimum atomic E-state index is -0.352. The van der Waals surface area contributed by atoms with Crippen molar-refractivity contribution in [1.82, 2.24) is 15.2 Å². The molecule has 1 aromatic carbocycles. The van der Waals surface area contributed by atoms with Gasteiger partial charge in [-0.25, -0.2) is 4.98 Å². The molecule has 2 fully saturated rings. The molecule has 1 N–H and O–H groups in total. The zero-order valence-corrected chi connectivity index (χ0v) is 16.7. The van der Waals surface area contributed by atoms with Gasteiger partial charge in [0.25, 0.3) is 0 Å². The number of hydrogen-bond acceptors (Lipinski definition) is 5. The monoisotopic (exact) mass is 401 g/mol. The molecule has 1 saturated heterocycles. The van der Waals surface area contributed by atoms with E-state index >= 15 is 0 Å². The summed E-state index contributed by atoms with van der Waals surface area (Å²) in [4.78, 5) is 31.8. The lowest BCUT2D eigenvalue weighted by atomic mass is 10.1. The maximum Gasteiger partial charge on any atom is 0.244 e. The smallest absolute Gasteiger partial charge is 0.244 e. The fourth-order valence-corrected chi connectivity index (χ4v) is 5.67. The summed E-state index contributed by atoms with van der Waals surface area (Å²) in [6.45, 7) is 0.398. The lowest BCUT2D eigenvalue weighted by Crippen LogP contribution is -2.48. The number of amides is 2. The number of rotatable bonds is 5.